The second-order valence-electron chi connectivity index (χ2n) is 6.97. The van der Waals surface area contributed by atoms with Gasteiger partial charge in [0.05, 0.1) is 25.7 Å². The predicted molar refractivity (Wildman–Crippen MR) is 96.7 cm³/mol. The van der Waals surface area contributed by atoms with Crippen molar-refractivity contribution in [1.29, 1.82) is 0 Å². The first-order valence-corrected chi connectivity index (χ1v) is 10.8. The molecular weight excluding hydrogens is 417 g/mol. The molecule has 0 aromatic carbocycles. The molecule has 3 heterocycles. The zero-order chi connectivity index (χ0) is 21.8. The van der Waals surface area contributed by atoms with Gasteiger partial charge in [0.1, 0.15) is 0 Å². The molecule has 29 heavy (non-hydrogen) atoms. The zero-order valence-corrected chi connectivity index (χ0v) is 17.0. The van der Waals surface area contributed by atoms with Crippen LogP contribution in [0.4, 0.5) is 13.2 Å². The van der Waals surface area contributed by atoms with Crippen LogP contribution in [0, 0.1) is 0 Å². The van der Waals surface area contributed by atoms with Gasteiger partial charge >= 0.3 is 12.1 Å². The summed E-state index contributed by atoms with van der Waals surface area (Å²) in [5.41, 5.74) is 1.08. The largest absolute Gasteiger partial charge is 0.490 e. The van der Waals surface area contributed by atoms with Crippen molar-refractivity contribution in [3.05, 3.63) is 18.0 Å². The zero-order valence-electron chi connectivity index (χ0n) is 16.2. The molecule has 2 fully saturated rings. The van der Waals surface area contributed by atoms with Crippen molar-refractivity contribution in [3.63, 3.8) is 0 Å². The van der Waals surface area contributed by atoms with Crippen LogP contribution >= 0.6 is 0 Å². The van der Waals surface area contributed by atoms with E-state index in [1.807, 2.05) is 19.4 Å². The number of carbonyl (C=O) groups is 1. The molecular formula is C16H25F3N4O5S. The van der Waals surface area contributed by atoms with Gasteiger partial charge in [-0.15, -0.1) is 0 Å². The normalized spacial score (nSPS) is 24.2. The highest BCUT2D eigenvalue weighted by atomic mass is 32.2. The molecule has 2 aliphatic rings. The lowest BCUT2D eigenvalue weighted by atomic mass is 10.0. The number of carboxylic acids is 1. The molecule has 0 saturated carbocycles. The molecule has 2 aliphatic heterocycles. The summed E-state index contributed by atoms with van der Waals surface area (Å²) in [5, 5.41) is 11.3. The lowest BCUT2D eigenvalue weighted by Gasteiger charge is -2.36. The van der Waals surface area contributed by atoms with Crippen LogP contribution in [0.2, 0.25) is 0 Å². The molecule has 3 rings (SSSR count). The highest BCUT2D eigenvalue weighted by molar-refractivity contribution is 7.88. The van der Waals surface area contributed by atoms with E-state index in [-0.39, 0.29) is 12.1 Å². The number of hydrogen-bond acceptors (Lipinski definition) is 6. The van der Waals surface area contributed by atoms with Crippen LogP contribution in [0.1, 0.15) is 12.0 Å². The first kappa shape index (κ1) is 23.6. The number of sulfonamides is 1. The predicted octanol–water partition coefficient (Wildman–Crippen LogP) is 0.331. The second-order valence-corrected chi connectivity index (χ2v) is 8.91. The summed E-state index contributed by atoms with van der Waals surface area (Å²) in [6, 6.07) is 0.246. The summed E-state index contributed by atoms with van der Waals surface area (Å²) < 4.78 is 64.8. The van der Waals surface area contributed by atoms with Gasteiger partial charge in [-0.1, -0.05) is 0 Å². The number of aromatic nitrogens is 2. The topological polar surface area (TPSA) is 105 Å². The number of rotatable bonds is 4. The summed E-state index contributed by atoms with van der Waals surface area (Å²) in [6.45, 7) is 3.83. The van der Waals surface area contributed by atoms with E-state index in [2.05, 4.69) is 10.00 Å². The number of aryl methyl sites for hydroxylation is 1. The Morgan fingerprint density at radius 3 is 2.34 bits per heavy atom. The Kier molecular flexibility index (Phi) is 7.65. The lowest BCUT2D eigenvalue weighted by molar-refractivity contribution is -0.192. The van der Waals surface area contributed by atoms with Gasteiger partial charge in [-0.3, -0.25) is 9.58 Å². The van der Waals surface area contributed by atoms with Crippen LogP contribution in [0.5, 0.6) is 0 Å². The SMILES string of the molecule is Cn1cc(C[C@H]2[C@H](N3CCOCC3)CCN2S(C)(=O)=O)cn1.O=C(O)C(F)(F)F. The van der Waals surface area contributed by atoms with Gasteiger partial charge in [-0.25, -0.2) is 13.2 Å². The monoisotopic (exact) mass is 442 g/mol. The molecule has 1 N–H and O–H groups in total. The quantitative estimate of drug-likeness (QED) is 0.717. The molecule has 0 spiro atoms. The van der Waals surface area contributed by atoms with E-state index in [4.69, 9.17) is 14.6 Å². The van der Waals surface area contributed by atoms with E-state index < -0.39 is 22.2 Å². The molecule has 13 heteroatoms. The van der Waals surface area contributed by atoms with E-state index in [0.717, 1.165) is 38.3 Å². The van der Waals surface area contributed by atoms with E-state index in [1.165, 1.54) is 6.26 Å². The fraction of sp³-hybridized carbons (Fsp3) is 0.750. The maximum absolute atomic E-state index is 12.1. The van der Waals surface area contributed by atoms with Crippen molar-refractivity contribution in [1.82, 2.24) is 19.0 Å². The van der Waals surface area contributed by atoms with Gasteiger partial charge in [0.2, 0.25) is 10.0 Å². The van der Waals surface area contributed by atoms with Gasteiger partial charge in [0.15, 0.2) is 0 Å². The smallest absolute Gasteiger partial charge is 0.475 e. The number of alkyl halides is 3. The number of aliphatic carboxylic acids is 1. The minimum absolute atomic E-state index is 0.0164. The molecule has 0 aliphatic carbocycles. The molecule has 9 nitrogen and oxygen atoms in total. The number of carboxylic acid groups (broad SMARTS) is 1. The average molecular weight is 442 g/mol. The maximum atomic E-state index is 12.1. The third-order valence-electron chi connectivity index (χ3n) is 4.85. The number of nitrogens with zero attached hydrogens (tertiary/aromatic N) is 4. The lowest BCUT2D eigenvalue weighted by Crippen LogP contribution is -2.51. The minimum Gasteiger partial charge on any atom is -0.475 e. The molecule has 166 valence electrons. The van der Waals surface area contributed by atoms with Crippen LogP contribution in [0.25, 0.3) is 0 Å². The van der Waals surface area contributed by atoms with Crippen molar-refractivity contribution >= 4 is 16.0 Å². The number of hydrogen-bond donors (Lipinski definition) is 1. The van der Waals surface area contributed by atoms with Gasteiger partial charge in [-0.05, 0) is 18.4 Å². The number of ether oxygens (including phenoxy) is 1. The summed E-state index contributed by atoms with van der Waals surface area (Å²) in [5.74, 6) is -2.76. The van der Waals surface area contributed by atoms with E-state index in [1.54, 1.807) is 8.99 Å². The molecule has 2 saturated heterocycles. The Morgan fingerprint density at radius 2 is 1.90 bits per heavy atom. The van der Waals surface area contributed by atoms with Gasteiger partial charge in [0.25, 0.3) is 0 Å². The van der Waals surface area contributed by atoms with E-state index in [0.29, 0.717) is 13.0 Å². The van der Waals surface area contributed by atoms with Crippen molar-refractivity contribution in [3.8, 4) is 0 Å². The van der Waals surface area contributed by atoms with Gasteiger partial charge in [-0.2, -0.15) is 22.6 Å². The van der Waals surface area contributed by atoms with E-state index in [9.17, 15) is 21.6 Å². The molecule has 0 unspecified atom stereocenters. The minimum atomic E-state index is -5.08. The van der Waals surface area contributed by atoms with Crippen LogP contribution in [-0.2, 0) is 33.0 Å². The van der Waals surface area contributed by atoms with Crippen molar-refractivity contribution in [2.75, 3.05) is 39.1 Å². The Bertz CT molecular complexity index is 793. The average Bonchev–Trinajstić information content (AvgIpc) is 3.22. The Labute approximate surface area is 167 Å². The van der Waals surface area contributed by atoms with Crippen LogP contribution in [-0.4, -0.2) is 95.8 Å². The number of morpholine rings is 1. The molecule has 2 atom stereocenters. The molecule has 0 bridgehead atoms. The Balaban J connectivity index is 0.000000370. The van der Waals surface area contributed by atoms with Crippen LogP contribution in [0.15, 0.2) is 12.4 Å². The first-order chi connectivity index (χ1) is 13.4. The Morgan fingerprint density at radius 1 is 1.31 bits per heavy atom. The van der Waals surface area contributed by atoms with E-state index >= 15 is 0 Å². The van der Waals surface area contributed by atoms with Crippen molar-refractivity contribution in [2.45, 2.75) is 31.1 Å². The molecule has 0 radical (unpaired) electrons. The van der Waals surface area contributed by atoms with Gasteiger partial charge < -0.3 is 9.84 Å². The summed E-state index contributed by atoms with van der Waals surface area (Å²) in [6.07, 6.45) is 1.62. The molecule has 1 aromatic rings. The maximum Gasteiger partial charge on any atom is 0.490 e. The second kappa shape index (κ2) is 9.41. The van der Waals surface area contributed by atoms with Crippen molar-refractivity contribution in [2.24, 2.45) is 7.05 Å². The van der Waals surface area contributed by atoms with Crippen molar-refractivity contribution < 1.29 is 36.2 Å². The third kappa shape index (κ3) is 6.66. The summed E-state index contributed by atoms with van der Waals surface area (Å²) in [4.78, 5) is 11.3. The van der Waals surface area contributed by atoms with Crippen LogP contribution < -0.4 is 0 Å². The standard InChI is InChI=1S/C14H24N4O3S.C2HF3O2/c1-16-11-12(10-15-16)9-14-13(17-5-7-21-8-6-17)3-4-18(14)22(2,19)20;3-2(4,5)1(6)7/h10-11,13-14H,3-9H2,1-2H3;(H,6,7)/t13-,14+;/m1./s1. The van der Waals surface area contributed by atoms with Crippen LogP contribution in [0.3, 0.4) is 0 Å². The first-order valence-electron chi connectivity index (χ1n) is 8.96. The molecule has 0 amide bonds. The summed E-state index contributed by atoms with van der Waals surface area (Å²) >= 11 is 0. The Hall–Kier alpha value is -1.70. The highest BCUT2D eigenvalue weighted by Crippen LogP contribution is 2.28. The highest BCUT2D eigenvalue weighted by Gasteiger charge is 2.42. The summed E-state index contributed by atoms with van der Waals surface area (Å²) in [7, 11) is -1.31. The fourth-order valence-corrected chi connectivity index (χ4v) is 4.76. The van der Waals surface area contributed by atoms with Gasteiger partial charge in [0, 0.05) is 45.0 Å². The third-order valence-corrected chi connectivity index (χ3v) is 6.15. The fourth-order valence-electron chi connectivity index (χ4n) is 3.61. The molecule has 1 aromatic heterocycles. The number of halogens is 3.